The van der Waals surface area contributed by atoms with E-state index in [0.717, 1.165) is 17.1 Å². The van der Waals surface area contributed by atoms with Gasteiger partial charge in [-0.15, -0.1) is 0 Å². The fraction of sp³-hybridized carbons (Fsp3) is 0.182. The first-order valence-corrected chi connectivity index (χ1v) is 4.27. The summed E-state index contributed by atoms with van der Waals surface area (Å²) in [5.74, 6) is 2.23. The molecule has 0 bridgehead atoms. The molecule has 0 fully saturated rings. The standard InChI is InChI=1S/C11H9NO2/c1-13-10-4-5-11-9(10)3-2-8(14-11)6-7-12/h2-5H,6H2,1H3. The third-order valence-electron chi connectivity index (χ3n) is 2.07. The van der Waals surface area contributed by atoms with Crippen molar-refractivity contribution in [3.8, 4) is 23.1 Å². The quantitative estimate of drug-likeness (QED) is 0.725. The number of ether oxygens (including phenoxy) is 1. The van der Waals surface area contributed by atoms with Crippen LogP contribution in [0.2, 0.25) is 0 Å². The van der Waals surface area contributed by atoms with Crippen LogP contribution in [0.5, 0.6) is 5.75 Å². The van der Waals surface area contributed by atoms with E-state index >= 15 is 0 Å². The van der Waals surface area contributed by atoms with E-state index in [2.05, 4.69) is 0 Å². The zero-order valence-corrected chi connectivity index (χ0v) is 7.78. The molecule has 0 amide bonds. The first-order chi connectivity index (χ1) is 6.85. The molecule has 1 aliphatic heterocycles. The van der Waals surface area contributed by atoms with Gasteiger partial charge in [-0.25, -0.2) is 0 Å². The van der Waals surface area contributed by atoms with Gasteiger partial charge in [0.05, 0.1) is 25.2 Å². The van der Waals surface area contributed by atoms with E-state index in [1.807, 2.05) is 24.3 Å². The molecule has 70 valence electrons. The number of rotatable bonds is 2. The Labute approximate surface area is 81.9 Å². The van der Waals surface area contributed by atoms with Crippen LogP contribution < -0.4 is 4.74 Å². The monoisotopic (exact) mass is 187 g/mol. The highest BCUT2D eigenvalue weighted by Crippen LogP contribution is 2.34. The second-order valence-corrected chi connectivity index (χ2v) is 2.92. The summed E-state index contributed by atoms with van der Waals surface area (Å²) in [5, 5.41) is 8.51. The van der Waals surface area contributed by atoms with Crippen molar-refractivity contribution in [2.24, 2.45) is 0 Å². The van der Waals surface area contributed by atoms with Crippen LogP contribution >= 0.6 is 0 Å². The van der Waals surface area contributed by atoms with Gasteiger partial charge in [-0.05, 0) is 24.3 Å². The van der Waals surface area contributed by atoms with Gasteiger partial charge in [0.1, 0.15) is 17.3 Å². The van der Waals surface area contributed by atoms with Gasteiger partial charge in [0.2, 0.25) is 0 Å². The molecule has 1 aliphatic carbocycles. The first kappa shape index (κ1) is 8.64. The van der Waals surface area contributed by atoms with Gasteiger partial charge in [0.25, 0.3) is 0 Å². The number of hydrogen-bond acceptors (Lipinski definition) is 3. The summed E-state index contributed by atoms with van der Waals surface area (Å²) in [6.45, 7) is 0. The Bertz CT molecular complexity index is 453. The SMILES string of the molecule is COc1ccc2oc(CC#N)ccc1-2. The molecule has 0 unspecified atom stereocenters. The Morgan fingerprint density at radius 2 is 2.21 bits per heavy atom. The largest absolute Gasteiger partial charge is 0.496 e. The molecule has 0 aromatic carbocycles. The van der Waals surface area contributed by atoms with Crippen LogP contribution in [0.4, 0.5) is 0 Å². The Hall–Kier alpha value is -1.95. The van der Waals surface area contributed by atoms with Crippen molar-refractivity contribution in [2.75, 3.05) is 7.11 Å². The predicted molar refractivity (Wildman–Crippen MR) is 51.2 cm³/mol. The second-order valence-electron chi connectivity index (χ2n) is 2.92. The fourth-order valence-corrected chi connectivity index (χ4v) is 1.41. The molecule has 1 heterocycles. The molecule has 0 saturated heterocycles. The van der Waals surface area contributed by atoms with Gasteiger partial charge >= 0.3 is 0 Å². The zero-order chi connectivity index (χ0) is 9.97. The Balaban J connectivity index is 2.47. The lowest BCUT2D eigenvalue weighted by molar-refractivity contribution is 0.416. The summed E-state index contributed by atoms with van der Waals surface area (Å²) in [6, 6.07) is 9.45. The molecule has 2 aliphatic rings. The Morgan fingerprint density at radius 3 is 2.93 bits per heavy atom. The van der Waals surface area contributed by atoms with E-state index < -0.39 is 0 Å². The minimum atomic E-state index is 0.295. The third kappa shape index (κ3) is 1.31. The molecular weight excluding hydrogens is 178 g/mol. The molecule has 0 radical (unpaired) electrons. The minimum absolute atomic E-state index is 0.295. The third-order valence-corrected chi connectivity index (χ3v) is 2.07. The molecular formula is C11H9NO2. The summed E-state index contributed by atoms with van der Waals surface area (Å²) < 4.78 is 10.6. The molecule has 3 heteroatoms. The second kappa shape index (κ2) is 3.43. The molecule has 0 N–H and O–H groups in total. The summed E-state index contributed by atoms with van der Waals surface area (Å²) in [5.41, 5.74) is 0.939. The molecule has 0 saturated carbocycles. The van der Waals surface area contributed by atoms with Crippen LogP contribution in [0.3, 0.4) is 0 Å². The van der Waals surface area contributed by atoms with Crippen LogP contribution in [-0.2, 0) is 6.42 Å². The highest BCUT2D eigenvalue weighted by atomic mass is 16.5. The summed E-state index contributed by atoms with van der Waals surface area (Å²) in [4.78, 5) is 0. The molecule has 0 aromatic rings. The minimum Gasteiger partial charge on any atom is -0.496 e. The molecule has 2 rings (SSSR count). The fourth-order valence-electron chi connectivity index (χ4n) is 1.41. The number of methoxy groups -OCH3 is 1. The highest BCUT2D eigenvalue weighted by Gasteiger charge is 2.12. The van der Waals surface area contributed by atoms with Gasteiger partial charge in [0, 0.05) is 0 Å². The van der Waals surface area contributed by atoms with Gasteiger partial charge in [0.15, 0.2) is 0 Å². The van der Waals surface area contributed by atoms with E-state index in [0.29, 0.717) is 12.2 Å². The lowest BCUT2D eigenvalue weighted by atomic mass is 10.2. The lowest BCUT2D eigenvalue weighted by Crippen LogP contribution is -1.85. The lowest BCUT2D eigenvalue weighted by Gasteiger charge is -2.03. The maximum absolute atomic E-state index is 8.51. The van der Waals surface area contributed by atoms with Crippen molar-refractivity contribution in [1.29, 1.82) is 5.26 Å². The van der Waals surface area contributed by atoms with Gasteiger partial charge < -0.3 is 9.15 Å². The molecule has 0 atom stereocenters. The Morgan fingerprint density at radius 1 is 1.36 bits per heavy atom. The molecule has 0 aromatic heterocycles. The van der Waals surface area contributed by atoms with E-state index in [-0.39, 0.29) is 0 Å². The van der Waals surface area contributed by atoms with Crippen molar-refractivity contribution in [3.63, 3.8) is 0 Å². The zero-order valence-electron chi connectivity index (χ0n) is 7.78. The predicted octanol–water partition coefficient (Wildman–Crippen LogP) is 2.46. The van der Waals surface area contributed by atoms with Crippen molar-refractivity contribution >= 4 is 0 Å². The molecule has 14 heavy (non-hydrogen) atoms. The summed E-state index contributed by atoms with van der Waals surface area (Å²) in [6.07, 6.45) is 0.295. The summed E-state index contributed by atoms with van der Waals surface area (Å²) in [7, 11) is 1.62. The number of hydrogen-bond donors (Lipinski definition) is 0. The molecule has 0 spiro atoms. The summed E-state index contributed by atoms with van der Waals surface area (Å²) >= 11 is 0. The normalized spacial score (nSPS) is 10.0. The number of nitrogens with zero attached hydrogens (tertiary/aromatic N) is 1. The Kier molecular flexibility index (Phi) is 2.11. The first-order valence-electron chi connectivity index (χ1n) is 4.27. The van der Waals surface area contributed by atoms with E-state index in [1.165, 1.54) is 0 Å². The van der Waals surface area contributed by atoms with E-state index in [4.69, 9.17) is 14.4 Å². The van der Waals surface area contributed by atoms with Crippen molar-refractivity contribution in [3.05, 3.63) is 30.0 Å². The van der Waals surface area contributed by atoms with Gasteiger partial charge in [-0.2, -0.15) is 5.26 Å². The smallest absolute Gasteiger partial charge is 0.138 e. The van der Waals surface area contributed by atoms with Gasteiger partial charge in [-0.1, -0.05) is 0 Å². The highest BCUT2D eigenvalue weighted by molar-refractivity contribution is 5.69. The average Bonchev–Trinajstić information content (AvgIpc) is 2.60. The number of fused-ring (bicyclic) bond motifs is 1. The van der Waals surface area contributed by atoms with E-state index in [1.54, 1.807) is 13.2 Å². The van der Waals surface area contributed by atoms with Crippen molar-refractivity contribution in [2.45, 2.75) is 6.42 Å². The van der Waals surface area contributed by atoms with Crippen LogP contribution in [0.1, 0.15) is 5.76 Å². The van der Waals surface area contributed by atoms with Crippen LogP contribution in [0, 0.1) is 11.3 Å². The van der Waals surface area contributed by atoms with Crippen molar-refractivity contribution in [1.82, 2.24) is 0 Å². The number of nitriles is 1. The van der Waals surface area contributed by atoms with Crippen LogP contribution in [0.25, 0.3) is 11.3 Å². The van der Waals surface area contributed by atoms with Crippen LogP contribution in [-0.4, -0.2) is 7.11 Å². The van der Waals surface area contributed by atoms with Gasteiger partial charge in [-0.3, -0.25) is 0 Å². The average molecular weight is 187 g/mol. The van der Waals surface area contributed by atoms with Crippen molar-refractivity contribution < 1.29 is 9.15 Å². The molecule has 3 nitrogen and oxygen atoms in total. The maximum Gasteiger partial charge on any atom is 0.138 e. The van der Waals surface area contributed by atoms with Crippen LogP contribution in [0.15, 0.2) is 28.7 Å². The van der Waals surface area contributed by atoms with E-state index in [9.17, 15) is 0 Å². The maximum atomic E-state index is 8.51. The topological polar surface area (TPSA) is 46.2 Å².